The Balaban J connectivity index is 1.06. The van der Waals surface area contributed by atoms with Gasteiger partial charge in [-0.2, -0.15) is 5.26 Å². The number of nitriles is 1. The molecule has 0 fully saturated rings. The summed E-state index contributed by atoms with van der Waals surface area (Å²) in [5, 5.41) is 18.2. The van der Waals surface area contributed by atoms with Crippen LogP contribution < -0.4 is 4.74 Å². The van der Waals surface area contributed by atoms with Crippen LogP contribution in [0.2, 0.25) is 0 Å². The van der Waals surface area contributed by atoms with Crippen LogP contribution in [0.1, 0.15) is 44.5 Å². The number of ether oxygens (including phenoxy) is 1. The lowest BCUT2D eigenvalue weighted by molar-refractivity contribution is 0.436. The third-order valence-corrected chi connectivity index (χ3v) is 11.2. The first-order chi connectivity index (χ1) is 28.6. The van der Waals surface area contributed by atoms with Crippen LogP contribution >= 0.6 is 0 Å². The molecule has 0 radical (unpaired) electrons. The highest BCUT2D eigenvalue weighted by Crippen LogP contribution is 2.62. The molecule has 1 N–H and O–H groups in total. The molecule has 1 aliphatic heterocycles. The van der Waals surface area contributed by atoms with E-state index in [1.54, 1.807) is 0 Å². The van der Waals surface area contributed by atoms with E-state index in [1.165, 1.54) is 22.3 Å². The molecule has 5 nitrogen and oxygen atoms in total. The Labute approximate surface area is 337 Å². The molecule has 1 spiro atoms. The summed E-state index contributed by atoms with van der Waals surface area (Å²) in [6, 6.07) is 67.9. The topological polar surface area (TPSA) is 81.6 Å². The van der Waals surface area contributed by atoms with Gasteiger partial charge in [0.05, 0.1) is 17.0 Å². The summed E-state index contributed by atoms with van der Waals surface area (Å²) < 4.78 is 6.53. The lowest BCUT2D eigenvalue weighted by Gasteiger charge is -2.39. The molecule has 8 aromatic carbocycles. The van der Waals surface area contributed by atoms with Crippen LogP contribution in [-0.2, 0) is 5.41 Å². The molecule has 1 aliphatic carbocycles. The van der Waals surface area contributed by atoms with Gasteiger partial charge in [-0.3, -0.25) is 5.41 Å². The monoisotopic (exact) mass is 742 g/mol. The number of nitrogens with one attached hydrogen (secondary N) is 1. The Morgan fingerprint density at radius 2 is 1.09 bits per heavy atom. The van der Waals surface area contributed by atoms with Gasteiger partial charge < -0.3 is 4.74 Å². The summed E-state index contributed by atoms with van der Waals surface area (Å²) >= 11 is 0. The van der Waals surface area contributed by atoms with Gasteiger partial charge in [-0.05, 0) is 86.5 Å². The van der Waals surface area contributed by atoms with Crippen molar-refractivity contribution < 1.29 is 4.74 Å². The van der Waals surface area contributed by atoms with Crippen LogP contribution in [0.3, 0.4) is 0 Å². The van der Waals surface area contributed by atoms with Crippen LogP contribution in [0.25, 0.3) is 33.4 Å². The molecule has 0 amide bonds. The zero-order chi connectivity index (χ0) is 39.1. The Kier molecular flexibility index (Phi) is 8.51. The Bertz CT molecular complexity index is 2950. The number of nitrogens with zero attached hydrogens (tertiary/aromatic N) is 3. The van der Waals surface area contributed by atoms with E-state index in [-0.39, 0.29) is 5.84 Å². The first-order valence-corrected chi connectivity index (χ1v) is 19.2. The molecule has 272 valence electrons. The maximum atomic E-state index is 9.21. The summed E-state index contributed by atoms with van der Waals surface area (Å²) in [7, 11) is 0. The lowest BCUT2D eigenvalue weighted by atomic mass is 9.66. The van der Waals surface area contributed by atoms with Crippen LogP contribution in [0, 0.1) is 16.7 Å². The Hall–Kier alpha value is -7.94. The van der Waals surface area contributed by atoms with Gasteiger partial charge in [0.25, 0.3) is 0 Å². The van der Waals surface area contributed by atoms with E-state index in [2.05, 4.69) is 121 Å². The summed E-state index contributed by atoms with van der Waals surface area (Å²) in [5.74, 6) is 2.26. The average molecular weight is 743 g/mol. The number of aliphatic imine (C=N–C) groups is 2. The van der Waals surface area contributed by atoms with Crippen molar-refractivity contribution >= 4 is 17.9 Å². The number of fused-ring (bicyclic) bond motifs is 9. The van der Waals surface area contributed by atoms with Gasteiger partial charge in [0.2, 0.25) is 0 Å². The SMILES string of the molecule is N#Cc1ccc(-c2ccc(-c3cccc(C(N=Cc4ccc5c(c4)C4(c6ccccc6Oc6ccccc64)c4ccccc4-5)=NC(=N)c4ccccc4)c3)cc2)cc1. The molecule has 1 heterocycles. The highest BCUT2D eigenvalue weighted by Gasteiger charge is 2.50. The molecule has 0 saturated heterocycles. The molecular weight excluding hydrogens is 709 g/mol. The van der Waals surface area contributed by atoms with Crippen molar-refractivity contribution in [2.45, 2.75) is 5.41 Å². The molecule has 8 aromatic rings. The first kappa shape index (κ1) is 34.5. The number of para-hydroxylation sites is 2. The highest BCUT2D eigenvalue weighted by molar-refractivity contribution is 6.13. The van der Waals surface area contributed by atoms with E-state index >= 15 is 0 Å². The van der Waals surface area contributed by atoms with Crippen LogP contribution in [0.15, 0.2) is 204 Å². The second-order valence-electron chi connectivity index (χ2n) is 14.5. The Morgan fingerprint density at radius 1 is 0.517 bits per heavy atom. The van der Waals surface area contributed by atoms with Crippen molar-refractivity contribution in [3.8, 4) is 50.9 Å². The van der Waals surface area contributed by atoms with Crippen LogP contribution in [-0.4, -0.2) is 17.9 Å². The number of hydrogen-bond donors (Lipinski definition) is 1. The molecule has 2 aliphatic rings. The molecule has 0 bridgehead atoms. The highest BCUT2D eigenvalue weighted by atomic mass is 16.5. The molecule has 0 atom stereocenters. The number of hydrogen-bond acceptors (Lipinski definition) is 3. The molecule has 0 unspecified atom stereocenters. The summed E-state index contributed by atoms with van der Waals surface area (Å²) in [5.41, 5.74) is 13.6. The van der Waals surface area contributed by atoms with Gasteiger partial charge in [0, 0.05) is 28.5 Å². The van der Waals surface area contributed by atoms with Gasteiger partial charge in [-0.25, -0.2) is 9.98 Å². The predicted molar refractivity (Wildman–Crippen MR) is 233 cm³/mol. The second kappa shape index (κ2) is 14.3. The summed E-state index contributed by atoms with van der Waals surface area (Å²) in [6.07, 6.45) is 1.87. The summed E-state index contributed by atoms with van der Waals surface area (Å²) in [4.78, 5) is 9.91. The fraction of sp³-hybridized carbons (Fsp3) is 0.0189. The minimum Gasteiger partial charge on any atom is -0.457 e. The quantitative estimate of drug-likeness (QED) is 0.141. The van der Waals surface area contributed by atoms with Crippen molar-refractivity contribution in [1.82, 2.24) is 0 Å². The number of amidine groups is 2. The van der Waals surface area contributed by atoms with Crippen molar-refractivity contribution in [3.63, 3.8) is 0 Å². The first-order valence-electron chi connectivity index (χ1n) is 19.2. The zero-order valence-electron chi connectivity index (χ0n) is 31.3. The third kappa shape index (κ3) is 5.83. The third-order valence-electron chi connectivity index (χ3n) is 11.2. The minimum absolute atomic E-state index is 0.128. The normalized spacial score (nSPS) is 13.2. The number of benzene rings is 8. The van der Waals surface area contributed by atoms with Gasteiger partial charge in [-0.15, -0.1) is 0 Å². The fourth-order valence-electron chi connectivity index (χ4n) is 8.45. The summed E-state index contributed by atoms with van der Waals surface area (Å²) in [6.45, 7) is 0. The van der Waals surface area contributed by atoms with E-state index in [4.69, 9.17) is 20.1 Å². The molecule has 58 heavy (non-hydrogen) atoms. The standard InChI is InChI=1S/C53H34N4O/c54-33-35-21-24-37(25-22-35)38-26-28-39(29-27-38)41-13-10-14-42(32-41)52(57-51(55)40-11-2-1-3-12-40)56-34-36-23-30-44-43-15-4-5-16-45(43)53(48(44)31-36)46-17-6-8-19-49(46)58-50-20-9-7-18-47(50)53/h1-32,34,55H. The van der Waals surface area contributed by atoms with Gasteiger partial charge >= 0.3 is 0 Å². The van der Waals surface area contributed by atoms with Gasteiger partial charge in [0.1, 0.15) is 11.5 Å². The van der Waals surface area contributed by atoms with Gasteiger partial charge in [-0.1, -0.05) is 158 Å². The van der Waals surface area contributed by atoms with E-state index in [1.807, 2.05) is 85.1 Å². The van der Waals surface area contributed by atoms with E-state index < -0.39 is 5.41 Å². The number of rotatable bonds is 5. The molecule has 0 aromatic heterocycles. The predicted octanol–water partition coefficient (Wildman–Crippen LogP) is 12.3. The Morgan fingerprint density at radius 3 is 1.78 bits per heavy atom. The van der Waals surface area contributed by atoms with Crippen molar-refractivity contribution in [1.29, 1.82) is 10.7 Å². The van der Waals surface area contributed by atoms with E-state index in [9.17, 15) is 5.26 Å². The van der Waals surface area contributed by atoms with Gasteiger partial charge in [0.15, 0.2) is 11.7 Å². The molecule has 10 rings (SSSR count). The maximum Gasteiger partial charge on any atom is 0.161 e. The minimum atomic E-state index is -0.586. The van der Waals surface area contributed by atoms with Crippen LogP contribution in [0.5, 0.6) is 11.5 Å². The van der Waals surface area contributed by atoms with Crippen molar-refractivity contribution in [2.75, 3.05) is 0 Å². The maximum absolute atomic E-state index is 9.21. The smallest absolute Gasteiger partial charge is 0.161 e. The molecule has 0 saturated carbocycles. The van der Waals surface area contributed by atoms with E-state index in [0.29, 0.717) is 17.0 Å². The van der Waals surface area contributed by atoms with E-state index in [0.717, 1.165) is 56.0 Å². The van der Waals surface area contributed by atoms with Crippen molar-refractivity contribution in [2.24, 2.45) is 9.98 Å². The average Bonchev–Trinajstić information content (AvgIpc) is 3.58. The van der Waals surface area contributed by atoms with Crippen LogP contribution in [0.4, 0.5) is 0 Å². The second-order valence-corrected chi connectivity index (χ2v) is 14.5. The lowest BCUT2D eigenvalue weighted by Crippen LogP contribution is -2.32. The fourth-order valence-corrected chi connectivity index (χ4v) is 8.45. The van der Waals surface area contributed by atoms with Crippen molar-refractivity contribution in [3.05, 3.63) is 239 Å². The largest absolute Gasteiger partial charge is 0.457 e. The zero-order valence-corrected chi connectivity index (χ0v) is 31.3. The molecule has 5 heteroatoms. The molecular formula is C53H34N4O.